The Morgan fingerprint density at radius 2 is 1.61 bits per heavy atom. The Kier molecular flexibility index (Phi) is 12.1. The molecule has 0 fully saturated rings. The fourth-order valence-corrected chi connectivity index (χ4v) is 6.72. The van der Waals surface area contributed by atoms with Crippen molar-refractivity contribution in [2.24, 2.45) is 0 Å². The number of hydrogen-bond acceptors (Lipinski definition) is 8. The molecule has 11 heteroatoms. The zero-order valence-corrected chi connectivity index (χ0v) is 31.3. The largest absolute Gasteiger partial charge is 0.489 e. The van der Waals surface area contributed by atoms with Crippen molar-refractivity contribution in [1.82, 2.24) is 10.6 Å². The molecule has 2 N–H and O–H groups in total. The highest BCUT2D eigenvalue weighted by molar-refractivity contribution is 6.31. The molecule has 9 nitrogen and oxygen atoms in total. The number of amides is 1. The van der Waals surface area contributed by atoms with Crippen molar-refractivity contribution in [3.05, 3.63) is 147 Å². The molecule has 0 bridgehead atoms. The van der Waals surface area contributed by atoms with Crippen LogP contribution in [0.4, 0.5) is 0 Å². The number of hydrogen-bond donors (Lipinski definition) is 2. The van der Waals surface area contributed by atoms with Gasteiger partial charge in [0.25, 0.3) is 0 Å². The molecular weight excluding hydrogens is 725 g/mol. The Bertz CT molecular complexity index is 2170. The number of esters is 1. The summed E-state index contributed by atoms with van der Waals surface area (Å²) in [5, 5.41) is 16.0. The highest BCUT2D eigenvalue weighted by atomic mass is 35.5. The Labute approximate surface area is 325 Å². The highest BCUT2D eigenvalue weighted by Crippen LogP contribution is 2.40. The van der Waals surface area contributed by atoms with Crippen molar-refractivity contribution >= 4 is 35.9 Å². The van der Waals surface area contributed by atoms with Gasteiger partial charge in [-0.3, -0.25) is 4.79 Å². The van der Waals surface area contributed by atoms with Gasteiger partial charge in [0.1, 0.15) is 25.0 Å². The van der Waals surface area contributed by atoms with Crippen molar-refractivity contribution in [1.29, 1.82) is 5.26 Å². The molecule has 5 aromatic rings. The standard InChI is InChI=1S/C43H38ClN3O6.ClH/c1-26-3-4-29(17-36(26)44)24-51-35-15-13-32(14-16-35)41-25-52-39-20-33-19-37(46-23-34(33)21-40(39)53-41)42(48)47-38(43(49)50-2)18-27-5-9-30(10-6-27)31-11-7-28(22-45)8-12-31;/h3-17,20-21,37-38,41,46H,18-19,23-25H2,1-2H3,(H,47,48);1H/t37-,38-,41?;/m0./s1. The number of rotatable bonds is 10. The number of carbonyl (C=O) groups excluding carboxylic acids is 2. The van der Waals surface area contributed by atoms with Crippen LogP contribution in [0.1, 0.15) is 45.0 Å². The SMILES string of the molecule is COC(=O)[C@H](Cc1ccc(-c2ccc(C#N)cc2)cc1)NC(=O)[C@@H]1Cc2cc3c(cc2CN1)OC(c1ccc(OCc2ccc(C)c(Cl)c2)cc1)CO3.Cl. The second-order valence-corrected chi connectivity index (χ2v) is 13.6. The van der Waals surface area contributed by atoms with Crippen molar-refractivity contribution in [3.8, 4) is 34.4 Å². The second kappa shape index (κ2) is 17.1. The van der Waals surface area contributed by atoms with Gasteiger partial charge in [0.2, 0.25) is 5.91 Å². The lowest BCUT2D eigenvalue weighted by Gasteiger charge is -2.31. The van der Waals surface area contributed by atoms with E-state index in [1.165, 1.54) is 7.11 Å². The van der Waals surface area contributed by atoms with Crippen LogP contribution in [0.2, 0.25) is 5.02 Å². The number of nitriles is 1. The van der Waals surface area contributed by atoms with Gasteiger partial charge >= 0.3 is 5.97 Å². The molecule has 0 saturated heterocycles. The third-order valence-corrected chi connectivity index (χ3v) is 10.0. The van der Waals surface area contributed by atoms with Crippen molar-refractivity contribution in [2.75, 3.05) is 13.7 Å². The number of nitrogens with one attached hydrogen (secondary N) is 2. The van der Waals surface area contributed by atoms with Crippen LogP contribution >= 0.6 is 24.0 Å². The van der Waals surface area contributed by atoms with Gasteiger partial charge in [0.05, 0.1) is 24.8 Å². The van der Waals surface area contributed by atoms with Gasteiger partial charge in [0, 0.05) is 18.0 Å². The first kappa shape index (κ1) is 38.2. The van der Waals surface area contributed by atoms with E-state index in [0.717, 1.165) is 55.3 Å². The lowest BCUT2D eigenvalue weighted by Crippen LogP contribution is -2.53. The minimum absolute atomic E-state index is 0. The van der Waals surface area contributed by atoms with Crippen LogP contribution in [0.3, 0.4) is 0 Å². The first-order valence-corrected chi connectivity index (χ1v) is 17.8. The Balaban J connectivity index is 0.00000497. The topological polar surface area (TPSA) is 119 Å². The zero-order chi connectivity index (χ0) is 36.9. The van der Waals surface area contributed by atoms with Crippen molar-refractivity contribution in [3.63, 3.8) is 0 Å². The quantitative estimate of drug-likeness (QED) is 0.140. The Morgan fingerprint density at radius 3 is 2.30 bits per heavy atom. The number of nitrogens with zero attached hydrogens (tertiary/aromatic N) is 1. The van der Waals surface area contributed by atoms with Gasteiger partial charge in [-0.05, 0) is 100 Å². The van der Waals surface area contributed by atoms with Gasteiger partial charge in [-0.1, -0.05) is 72.3 Å². The molecule has 5 aromatic carbocycles. The molecule has 2 heterocycles. The van der Waals surface area contributed by atoms with Crippen LogP contribution in [-0.2, 0) is 40.3 Å². The average Bonchev–Trinajstić information content (AvgIpc) is 3.20. The first-order chi connectivity index (χ1) is 25.8. The summed E-state index contributed by atoms with van der Waals surface area (Å²) in [5.41, 5.74) is 8.43. The van der Waals surface area contributed by atoms with E-state index in [1.807, 2.05) is 97.9 Å². The minimum Gasteiger partial charge on any atom is -0.489 e. The van der Waals surface area contributed by atoms with E-state index in [2.05, 4.69) is 16.7 Å². The molecular formula is C43H39Cl2N3O6. The van der Waals surface area contributed by atoms with Gasteiger partial charge in [-0.25, -0.2) is 4.79 Å². The maximum atomic E-state index is 13.5. The van der Waals surface area contributed by atoms with Crippen LogP contribution in [0.25, 0.3) is 11.1 Å². The zero-order valence-electron chi connectivity index (χ0n) is 29.8. The number of aryl methyl sites for hydroxylation is 1. The molecule has 1 unspecified atom stereocenters. The Hall–Kier alpha value is -5.53. The van der Waals surface area contributed by atoms with Gasteiger partial charge < -0.3 is 29.6 Å². The summed E-state index contributed by atoms with van der Waals surface area (Å²) in [7, 11) is 1.31. The van der Waals surface area contributed by atoms with Crippen LogP contribution in [0, 0.1) is 18.3 Å². The predicted octanol–water partition coefficient (Wildman–Crippen LogP) is 7.62. The van der Waals surface area contributed by atoms with Crippen molar-refractivity contribution in [2.45, 2.75) is 51.1 Å². The number of carbonyl (C=O) groups is 2. The number of ether oxygens (including phenoxy) is 4. The van der Waals surface area contributed by atoms with Crippen LogP contribution in [0.15, 0.2) is 103 Å². The van der Waals surface area contributed by atoms with Crippen LogP contribution in [0.5, 0.6) is 17.2 Å². The molecule has 54 heavy (non-hydrogen) atoms. The van der Waals surface area contributed by atoms with E-state index in [1.54, 1.807) is 12.1 Å². The Morgan fingerprint density at radius 1 is 0.926 bits per heavy atom. The summed E-state index contributed by atoms with van der Waals surface area (Å²) < 4.78 is 23.6. The smallest absolute Gasteiger partial charge is 0.328 e. The van der Waals surface area contributed by atoms with E-state index in [4.69, 9.17) is 35.8 Å². The monoisotopic (exact) mass is 763 g/mol. The molecule has 0 aliphatic carbocycles. The molecule has 7 rings (SSSR count). The third-order valence-electron chi connectivity index (χ3n) is 9.64. The highest BCUT2D eigenvalue weighted by Gasteiger charge is 2.31. The molecule has 0 spiro atoms. The molecule has 3 atom stereocenters. The molecule has 2 aliphatic rings. The molecule has 276 valence electrons. The maximum Gasteiger partial charge on any atom is 0.328 e. The minimum atomic E-state index is -0.860. The van der Waals surface area contributed by atoms with E-state index >= 15 is 0 Å². The number of benzene rings is 5. The molecule has 2 aliphatic heterocycles. The third kappa shape index (κ3) is 8.80. The number of halogens is 2. The number of fused-ring (bicyclic) bond motifs is 2. The van der Waals surface area contributed by atoms with Crippen molar-refractivity contribution < 1.29 is 28.5 Å². The molecule has 1 amide bonds. The molecule has 0 radical (unpaired) electrons. The van der Waals surface area contributed by atoms with Crippen LogP contribution in [-0.4, -0.2) is 37.7 Å². The summed E-state index contributed by atoms with van der Waals surface area (Å²) in [4.78, 5) is 26.3. The summed E-state index contributed by atoms with van der Waals surface area (Å²) in [6.45, 7) is 3.18. The van der Waals surface area contributed by atoms with E-state index in [0.29, 0.717) is 43.2 Å². The summed E-state index contributed by atoms with van der Waals surface area (Å²) >= 11 is 6.25. The normalized spacial score (nSPS) is 16.1. The van der Waals surface area contributed by atoms with Gasteiger partial charge in [-0.15, -0.1) is 12.4 Å². The summed E-state index contributed by atoms with van der Waals surface area (Å²) in [6.07, 6.45) is 0.404. The maximum absolute atomic E-state index is 13.5. The number of methoxy groups -OCH3 is 1. The molecule has 0 saturated carbocycles. The fourth-order valence-electron chi connectivity index (χ4n) is 6.52. The fraction of sp³-hybridized carbons (Fsp3) is 0.233. The average molecular weight is 765 g/mol. The predicted molar refractivity (Wildman–Crippen MR) is 208 cm³/mol. The van der Waals surface area contributed by atoms with Gasteiger partial charge in [-0.2, -0.15) is 5.26 Å². The summed E-state index contributed by atoms with van der Waals surface area (Å²) in [6, 6.07) is 33.5. The summed E-state index contributed by atoms with van der Waals surface area (Å²) in [5.74, 6) is 1.22. The lowest BCUT2D eigenvalue weighted by atomic mass is 9.94. The van der Waals surface area contributed by atoms with E-state index < -0.39 is 18.1 Å². The molecule has 0 aromatic heterocycles. The lowest BCUT2D eigenvalue weighted by molar-refractivity contribution is -0.145. The second-order valence-electron chi connectivity index (χ2n) is 13.2. The first-order valence-electron chi connectivity index (χ1n) is 17.4. The van der Waals surface area contributed by atoms with Crippen LogP contribution < -0.4 is 24.8 Å². The van der Waals surface area contributed by atoms with E-state index in [-0.39, 0.29) is 30.8 Å². The van der Waals surface area contributed by atoms with Gasteiger partial charge in [0.15, 0.2) is 17.6 Å². The van der Waals surface area contributed by atoms with E-state index in [9.17, 15) is 9.59 Å².